The highest BCUT2D eigenvalue weighted by atomic mass is 79.9. The van der Waals surface area contributed by atoms with Gasteiger partial charge in [-0.2, -0.15) is 0 Å². The third kappa shape index (κ3) is 2.80. The molecule has 2 rings (SSSR count). The molecule has 1 aromatic carbocycles. The maximum absolute atomic E-state index is 5.56. The molecule has 1 unspecified atom stereocenters. The zero-order valence-electron chi connectivity index (χ0n) is 9.36. The predicted octanol–water partition coefficient (Wildman–Crippen LogP) is 3.48. The van der Waals surface area contributed by atoms with Crippen LogP contribution in [0, 0.1) is 0 Å². The van der Waals surface area contributed by atoms with Crippen molar-refractivity contribution < 1.29 is 4.74 Å². The molecule has 0 fully saturated rings. The molecule has 0 amide bonds. The van der Waals surface area contributed by atoms with Gasteiger partial charge in [-0.1, -0.05) is 34.1 Å². The van der Waals surface area contributed by atoms with Crippen LogP contribution in [0.2, 0.25) is 0 Å². The summed E-state index contributed by atoms with van der Waals surface area (Å²) in [4.78, 5) is 1.33. The molecular weight excluding hydrogens is 286 g/mol. The first-order valence-corrected chi connectivity index (χ1v) is 7.35. The maximum atomic E-state index is 5.56. The minimum atomic E-state index is 0.216. The molecule has 4 heteroatoms. The molecule has 16 heavy (non-hydrogen) atoms. The second-order valence-electron chi connectivity index (χ2n) is 3.78. The van der Waals surface area contributed by atoms with Crippen molar-refractivity contribution in [3.8, 4) is 0 Å². The van der Waals surface area contributed by atoms with Gasteiger partial charge in [-0.05, 0) is 30.0 Å². The lowest BCUT2D eigenvalue weighted by Crippen LogP contribution is -2.28. The van der Waals surface area contributed by atoms with E-state index in [1.54, 1.807) is 7.11 Å². The van der Waals surface area contributed by atoms with Gasteiger partial charge in [0.25, 0.3) is 0 Å². The minimum absolute atomic E-state index is 0.216. The van der Waals surface area contributed by atoms with Gasteiger partial charge in [-0.15, -0.1) is 0 Å². The molecule has 0 saturated heterocycles. The van der Waals surface area contributed by atoms with E-state index in [1.165, 1.54) is 16.9 Å². The lowest BCUT2D eigenvalue weighted by molar-refractivity contribution is 0.0817. The zero-order valence-corrected chi connectivity index (χ0v) is 11.8. The molecule has 0 spiro atoms. The van der Waals surface area contributed by atoms with Crippen molar-refractivity contribution in [2.24, 2.45) is 0 Å². The number of hydrogen-bond donors (Lipinski definition) is 0. The lowest BCUT2D eigenvalue weighted by atomic mass is 10.1. The molecule has 1 aromatic rings. The van der Waals surface area contributed by atoms with Crippen molar-refractivity contribution in [2.75, 3.05) is 25.5 Å². The van der Waals surface area contributed by atoms with E-state index in [0.29, 0.717) is 0 Å². The van der Waals surface area contributed by atoms with Crippen LogP contribution in [0.4, 0.5) is 0 Å². The summed E-state index contributed by atoms with van der Waals surface area (Å²) in [5, 5.41) is 1.06. The van der Waals surface area contributed by atoms with Gasteiger partial charge in [0, 0.05) is 30.4 Å². The van der Waals surface area contributed by atoms with Gasteiger partial charge in [0.1, 0.15) is 0 Å². The minimum Gasteiger partial charge on any atom is -0.375 e. The highest BCUT2D eigenvalue weighted by Gasteiger charge is 2.25. The Kier molecular flexibility index (Phi) is 4.70. The summed E-state index contributed by atoms with van der Waals surface area (Å²) in [5.74, 6) is 0. The van der Waals surface area contributed by atoms with E-state index in [4.69, 9.17) is 4.74 Å². The van der Waals surface area contributed by atoms with Gasteiger partial charge in [-0.3, -0.25) is 0 Å². The van der Waals surface area contributed by atoms with Crippen LogP contribution in [0.25, 0.3) is 0 Å². The molecule has 2 nitrogen and oxygen atoms in total. The largest absolute Gasteiger partial charge is 0.375 e. The number of methoxy groups -OCH3 is 1. The summed E-state index contributed by atoms with van der Waals surface area (Å²) in [6, 6.07) is 8.51. The Morgan fingerprint density at radius 3 is 3.06 bits per heavy atom. The first-order valence-electron chi connectivity index (χ1n) is 5.45. The third-order valence-corrected chi connectivity index (χ3v) is 4.41. The van der Waals surface area contributed by atoms with E-state index < -0.39 is 0 Å². The average Bonchev–Trinajstić information content (AvgIpc) is 2.35. The Morgan fingerprint density at radius 2 is 2.31 bits per heavy atom. The van der Waals surface area contributed by atoms with E-state index in [9.17, 15) is 0 Å². The van der Waals surface area contributed by atoms with Crippen LogP contribution < -0.4 is 0 Å². The van der Waals surface area contributed by atoms with Crippen molar-refractivity contribution in [1.29, 1.82) is 0 Å². The molecule has 0 bridgehead atoms. The molecule has 88 valence electrons. The van der Waals surface area contributed by atoms with Crippen LogP contribution in [0.3, 0.4) is 0 Å². The number of fused-ring (bicyclic) bond motifs is 1. The Labute approximate surface area is 110 Å². The second kappa shape index (κ2) is 6.05. The fourth-order valence-electron chi connectivity index (χ4n) is 1.86. The van der Waals surface area contributed by atoms with Crippen molar-refractivity contribution >= 4 is 27.9 Å². The summed E-state index contributed by atoms with van der Waals surface area (Å²) in [5.41, 5.74) is 1.32. The molecule has 1 aliphatic rings. The van der Waals surface area contributed by atoms with Crippen molar-refractivity contribution in [3.05, 3.63) is 29.8 Å². The van der Waals surface area contributed by atoms with Crippen LogP contribution in [-0.2, 0) is 4.74 Å². The number of nitrogens with zero attached hydrogens (tertiary/aromatic N) is 1. The van der Waals surface area contributed by atoms with E-state index in [0.717, 1.165) is 18.4 Å². The summed E-state index contributed by atoms with van der Waals surface area (Å²) in [6.07, 6.45) is 1.39. The predicted molar refractivity (Wildman–Crippen MR) is 72.0 cm³/mol. The molecular formula is C12H16BrNOS. The molecule has 1 aliphatic heterocycles. The van der Waals surface area contributed by atoms with Crippen molar-refractivity contribution in [2.45, 2.75) is 17.4 Å². The molecule has 0 aromatic heterocycles. The normalized spacial score (nSPS) is 20.8. The van der Waals surface area contributed by atoms with Crippen LogP contribution in [0.15, 0.2) is 29.2 Å². The molecule has 1 heterocycles. The van der Waals surface area contributed by atoms with Gasteiger partial charge in [0.2, 0.25) is 0 Å². The highest BCUT2D eigenvalue weighted by Crippen LogP contribution is 2.37. The third-order valence-electron chi connectivity index (χ3n) is 2.69. The average molecular weight is 302 g/mol. The monoisotopic (exact) mass is 301 g/mol. The summed E-state index contributed by atoms with van der Waals surface area (Å²) >= 11 is 5.32. The van der Waals surface area contributed by atoms with Crippen LogP contribution in [0.1, 0.15) is 18.1 Å². The Morgan fingerprint density at radius 1 is 1.50 bits per heavy atom. The fraction of sp³-hybridized carbons (Fsp3) is 0.500. The highest BCUT2D eigenvalue weighted by molar-refractivity contribution is 9.09. The zero-order chi connectivity index (χ0) is 11.4. The van der Waals surface area contributed by atoms with Gasteiger partial charge >= 0.3 is 0 Å². The Hall–Kier alpha value is -0.0300. The second-order valence-corrected chi connectivity index (χ2v) is 5.72. The molecule has 1 atom stereocenters. The summed E-state index contributed by atoms with van der Waals surface area (Å²) in [6.45, 7) is 2.08. The Bertz CT molecular complexity index is 348. The topological polar surface area (TPSA) is 12.5 Å². The lowest BCUT2D eigenvalue weighted by Gasteiger charge is -2.32. The standard InChI is InChI=1S/C12H16BrNOS/c1-15-11-9-14(8-4-7-13)16-12-6-3-2-5-10(11)12/h2-3,5-6,11H,4,7-9H2,1H3. The van der Waals surface area contributed by atoms with Gasteiger partial charge in [0.15, 0.2) is 0 Å². The van der Waals surface area contributed by atoms with Crippen LogP contribution in [0.5, 0.6) is 0 Å². The number of hydrogen-bond acceptors (Lipinski definition) is 3. The van der Waals surface area contributed by atoms with Gasteiger partial charge in [0.05, 0.1) is 6.10 Å². The van der Waals surface area contributed by atoms with Crippen LogP contribution >= 0.6 is 27.9 Å². The van der Waals surface area contributed by atoms with Crippen LogP contribution in [-0.4, -0.2) is 29.8 Å². The number of rotatable bonds is 4. The van der Waals surface area contributed by atoms with E-state index >= 15 is 0 Å². The van der Waals surface area contributed by atoms with Gasteiger partial charge < -0.3 is 4.74 Å². The quantitative estimate of drug-likeness (QED) is 0.624. The van der Waals surface area contributed by atoms with E-state index in [2.05, 4.69) is 44.5 Å². The van der Waals surface area contributed by atoms with Crippen molar-refractivity contribution in [3.63, 3.8) is 0 Å². The molecule has 0 radical (unpaired) electrons. The summed E-state index contributed by atoms with van der Waals surface area (Å²) in [7, 11) is 1.79. The maximum Gasteiger partial charge on any atom is 0.0968 e. The smallest absolute Gasteiger partial charge is 0.0968 e. The number of alkyl halides is 1. The number of ether oxygens (including phenoxy) is 1. The summed E-state index contributed by atoms with van der Waals surface area (Å²) < 4.78 is 7.95. The SMILES string of the molecule is COC1CN(CCCBr)Sc2ccccc21. The number of halogens is 1. The van der Waals surface area contributed by atoms with Gasteiger partial charge in [-0.25, -0.2) is 4.31 Å². The molecule has 0 aliphatic carbocycles. The Balaban J connectivity index is 2.12. The number of benzene rings is 1. The molecule has 0 N–H and O–H groups in total. The first-order chi connectivity index (χ1) is 7.85. The first kappa shape index (κ1) is 12.4. The van der Waals surface area contributed by atoms with Crippen molar-refractivity contribution in [1.82, 2.24) is 4.31 Å². The van der Waals surface area contributed by atoms with E-state index in [1.807, 2.05) is 11.9 Å². The van der Waals surface area contributed by atoms with E-state index in [-0.39, 0.29) is 6.10 Å². The molecule has 0 saturated carbocycles. The fourth-order valence-corrected chi connectivity index (χ4v) is 3.27.